The fourth-order valence-corrected chi connectivity index (χ4v) is 9.02. The van der Waals surface area contributed by atoms with E-state index in [1.165, 1.54) is 38.5 Å². The van der Waals surface area contributed by atoms with E-state index in [4.69, 9.17) is 17.0 Å². The first kappa shape index (κ1) is 32.9. The molecule has 0 radical (unpaired) electrons. The Hall–Kier alpha value is 0.900. The molecule has 0 aromatic heterocycles. The minimum absolute atomic E-state index is 0. The van der Waals surface area contributed by atoms with Crippen molar-refractivity contribution < 1.29 is 20.8 Å². The average molecular weight is 603 g/mol. The number of halogens is 2. The third kappa shape index (κ3) is 7.26. The second-order valence-electron chi connectivity index (χ2n) is 12.5. The van der Waals surface area contributed by atoms with E-state index in [0.29, 0.717) is 0 Å². The van der Waals surface area contributed by atoms with Crippen molar-refractivity contribution in [1.82, 2.24) is 0 Å². The first-order valence-corrected chi connectivity index (χ1v) is 23.0. The number of rotatable bonds is 4. The van der Waals surface area contributed by atoms with Crippen LogP contribution in [0.4, 0.5) is 0 Å². The predicted molar refractivity (Wildman–Crippen MR) is 155 cm³/mol. The Kier molecular flexibility index (Phi) is 13.7. The Bertz CT molecular complexity index is 702. The van der Waals surface area contributed by atoms with E-state index in [9.17, 15) is 0 Å². The summed E-state index contributed by atoms with van der Waals surface area (Å²) in [5.74, 6) is 8.47. The molecular weight excluding hydrogens is 551 g/mol. The SMILES string of the molecule is CC1C(C)C(C)C(CC2CCC3C(c4ccc([Si](C)(C)C)cc4)CCCC23)C1C.[CH3-].[CH3-].[Cl][Zr+2][Cl]. The van der Waals surface area contributed by atoms with Crippen LogP contribution in [0.3, 0.4) is 0 Å². The van der Waals surface area contributed by atoms with Gasteiger partial charge >= 0.3 is 37.9 Å². The molecule has 0 aliphatic heterocycles. The van der Waals surface area contributed by atoms with Crippen LogP contribution < -0.4 is 5.19 Å². The molecule has 8 atom stereocenters. The zero-order valence-corrected chi connectivity index (χ0v) is 28.5. The van der Waals surface area contributed by atoms with Crippen molar-refractivity contribution in [1.29, 1.82) is 0 Å². The van der Waals surface area contributed by atoms with E-state index in [2.05, 4.69) is 71.6 Å². The summed E-state index contributed by atoms with van der Waals surface area (Å²) in [4.78, 5) is 0. The summed E-state index contributed by atoms with van der Waals surface area (Å²) in [5, 5.41) is 1.62. The number of hydrogen-bond acceptors (Lipinski definition) is 0. The molecule has 3 aliphatic rings. The van der Waals surface area contributed by atoms with Gasteiger partial charge in [0.05, 0.1) is 8.07 Å². The first-order valence-electron chi connectivity index (χ1n) is 13.2. The van der Waals surface area contributed by atoms with Crippen molar-refractivity contribution in [2.45, 2.75) is 91.8 Å². The van der Waals surface area contributed by atoms with Crippen LogP contribution in [-0.2, 0) is 20.8 Å². The van der Waals surface area contributed by atoms with E-state index < -0.39 is 28.9 Å². The maximum absolute atomic E-state index is 4.93. The molecule has 1 aromatic carbocycles. The maximum atomic E-state index is 4.93. The summed E-state index contributed by atoms with van der Waals surface area (Å²) >= 11 is -0.826. The topological polar surface area (TPSA) is 0 Å². The molecule has 0 bridgehead atoms. The predicted octanol–water partition coefficient (Wildman–Crippen LogP) is 9.98. The van der Waals surface area contributed by atoms with Crippen molar-refractivity contribution in [2.75, 3.05) is 0 Å². The molecular formula is C30H52Cl2SiZr. The second-order valence-corrected chi connectivity index (χ2v) is 21.3. The van der Waals surface area contributed by atoms with Gasteiger partial charge in [-0.1, -0.05) is 83.2 Å². The normalized spacial score (nSPS) is 36.8. The van der Waals surface area contributed by atoms with Crippen LogP contribution in [0.2, 0.25) is 19.6 Å². The van der Waals surface area contributed by atoms with Gasteiger partial charge in [-0.05, 0) is 90.9 Å². The molecule has 8 unspecified atom stereocenters. The van der Waals surface area contributed by atoms with Gasteiger partial charge in [-0.25, -0.2) is 0 Å². The summed E-state index contributed by atoms with van der Waals surface area (Å²) in [7, 11) is 8.68. The number of hydrogen-bond donors (Lipinski definition) is 0. The molecule has 0 spiro atoms. The second kappa shape index (κ2) is 14.2. The molecule has 0 nitrogen and oxygen atoms in total. The van der Waals surface area contributed by atoms with Gasteiger partial charge in [0.25, 0.3) is 0 Å². The average Bonchev–Trinajstić information content (AvgIpc) is 3.25. The molecule has 4 rings (SSSR count). The van der Waals surface area contributed by atoms with E-state index in [-0.39, 0.29) is 14.9 Å². The standard InChI is InChI=1S/C28H46Si.2CH3.2ClH.Zr/c1-18-19(2)21(4)28(20(18)3)17-23-13-16-27-25(9-8-10-26(23)27)22-11-14-24(15-12-22)29(5,6)7;;;;;/h11-12,14-15,18-21,23,25-28H,8-10,13,16-17H2,1-7H3;2*1H3;2*1H;/q;2*-1;;;+4/p-2. The number of fused-ring (bicyclic) bond motifs is 1. The zero-order chi connectivity index (χ0) is 23.6. The molecule has 34 heavy (non-hydrogen) atoms. The molecule has 3 saturated carbocycles. The number of benzene rings is 1. The van der Waals surface area contributed by atoms with Crippen LogP contribution in [-0.4, -0.2) is 8.07 Å². The monoisotopic (exact) mass is 600 g/mol. The molecule has 194 valence electrons. The Morgan fingerprint density at radius 1 is 0.765 bits per heavy atom. The fourth-order valence-electron chi connectivity index (χ4n) is 7.85. The van der Waals surface area contributed by atoms with Crippen molar-refractivity contribution >= 4 is 30.3 Å². The summed E-state index contributed by atoms with van der Waals surface area (Å²) in [6.45, 7) is 17.6. The molecule has 0 saturated heterocycles. The van der Waals surface area contributed by atoms with Crippen LogP contribution in [0, 0.1) is 62.2 Å². The van der Waals surface area contributed by atoms with Crippen molar-refractivity contribution in [3.63, 3.8) is 0 Å². The Morgan fingerprint density at radius 3 is 1.79 bits per heavy atom. The molecule has 4 heteroatoms. The molecule has 3 fully saturated rings. The minimum atomic E-state index is -1.19. The van der Waals surface area contributed by atoms with E-state index >= 15 is 0 Å². The summed E-state index contributed by atoms with van der Waals surface area (Å²) in [5.41, 5.74) is 1.66. The quantitative estimate of drug-likeness (QED) is 0.238. The van der Waals surface area contributed by atoms with E-state index in [1.807, 2.05) is 0 Å². The van der Waals surface area contributed by atoms with Gasteiger partial charge in [0.15, 0.2) is 0 Å². The Labute approximate surface area is 233 Å². The van der Waals surface area contributed by atoms with Crippen LogP contribution in [0.25, 0.3) is 0 Å². The van der Waals surface area contributed by atoms with Gasteiger partial charge in [-0.3, -0.25) is 0 Å². The van der Waals surface area contributed by atoms with E-state index in [1.54, 1.807) is 10.8 Å². The van der Waals surface area contributed by atoms with Gasteiger partial charge in [-0.15, -0.1) is 0 Å². The van der Waals surface area contributed by atoms with Crippen molar-refractivity contribution in [3.8, 4) is 0 Å². The summed E-state index contributed by atoms with van der Waals surface area (Å²) in [6.07, 6.45) is 8.94. The fraction of sp³-hybridized carbons (Fsp3) is 0.733. The van der Waals surface area contributed by atoms with Crippen LogP contribution in [0.1, 0.15) is 77.7 Å². The molecule has 1 aromatic rings. The van der Waals surface area contributed by atoms with E-state index in [0.717, 1.165) is 53.3 Å². The van der Waals surface area contributed by atoms with Crippen molar-refractivity contribution in [2.24, 2.45) is 47.3 Å². The van der Waals surface area contributed by atoms with Gasteiger partial charge in [-0.2, -0.15) is 0 Å². The molecule has 0 heterocycles. The van der Waals surface area contributed by atoms with Gasteiger partial charge in [0.2, 0.25) is 0 Å². The zero-order valence-electron chi connectivity index (χ0n) is 23.5. The molecule has 0 amide bonds. The Balaban J connectivity index is 0.00000110. The third-order valence-corrected chi connectivity index (χ3v) is 12.3. The Morgan fingerprint density at radius 2 is 1.29 bits per heavy atom. The van der Waals surface area contributed by atoms with Gasteiger partial charge in [0.1, 0.15) is 0 Å². The van der Waals surface area contributed by atoms with Gasteiger partial charge < -0.3 is 14.9 Å². The van der Waals surface area contributed by atoms with Gasteiger partial charge in [0, 0.05) is 0 Å². The summed E-state index contributed by atoms with van der Waals surface area (Å²) in [6, 6.07) is 9.97. The van der Waals surface area contributed by atoms with Crippen molar-refractivity contribution in [3.05, 3.63) is 44.7 Å². The molecule has 0 N–H and O–H groups in total. The van der Waals surface area contributed by atoms with Crippen LogP contribution in [0.5, 0.6) is 0 Å². The first-order chi connectivity index (χ1) is 15.1. The summed E-state index contributed by atoms with van der Waals surface area (Å²) < 4.78 is 0. The van der Waals surface area contributed by atoms with Crippen LogP contribution in [0.15, 0.2) is 24.3 Å². The molecule has 3 aliphatic carbocycles. The third-order valence-electron chi connectivity index (χ3n) is 10.2. The van der Waals surface area contributed by atoms with Crippen LogP contribution >= 0.6 is 17.0 Å².